The number of rotatable bonds is 3. The average molecular weight is 371 g/mol. The van der Waals surface area contributed by atoms with E-state index in [1.54, 1.807) is 0 Å². The van der Waals surface area contributed by atoms with Gasteiger partial charge in [0, 0.05) is 36.6 Å². The van der Waals surface area contributed by atoms with Gasteiger partial charge in [-0.25, -0.2) is 0 Å². The van der Waals surface area contributed by atoms with Crippen molar-refractivity contribution in [3.8, 4) is 0 Å². The minimum atomic E-state index is 0.128. The van der Waals surface area contributed by atoms with E-state index in [-0.39, 0.29) is 11.8 Å². The van der Waals surface area contributed by atoms with Crippen LogP contribution in [0, 0.1) is 0 Å². The van der Waals surface area contributed by atoms with Gasteiger partial charge in [0.1, 0.15) is 0 Å². The van der Waals surface area contributed by atoms with Crippen molar-refractivity contribution < 1.29 is 9.59 Å². The lowest BCUT2D eigenvalue weighted by Crippen LogP contribution is -2.35. The number of aryl methyl sites for hydroxylation is 2. The second kappa shape index (κ2) is 8.86. The van der Waals surface area contributed by atoms with Gasteiger partial charge in [-0.1, -0.05) is 36.4 Å². The molecule has 5 heteroatoms. The van der Waals surface area contributed by atoms with Gasteiger partial charge >= 0.3 is 0 Å². The Kier molecular flexibility index (Phi) is 6.29. The summed E-state index contributed by atoms with van der Waals surface area (Å²) in [6.45, 7) is 0.735. The first-order chi connectivity index (χ1) is 12.7. The van der Waals surface area contributed by atoms with Crippen LogP contribution in [0.5, 0.6) is 0 Å². The summed E-state index contributed by atoms with van der Waals surface area (Å²) < 4.78 is 0. The molecule has 2 aromatic carbocycles. The van der Waals surface area contributed by atoms with Gasteiger partial charge in [0.25, 0.3) is 0 Å². The van der Waals surface area contributed by atoms with Crippen LogP contribution in [0.1, 0.15) is 30.4 Å². The predicted octanol–water partition coefficient (Wildman–Crippen LogP) is 4.17. The molecule has 0 aliphatic carbocycles. The van der Waals surface area contributed by atoms with Crippen LogP contribution in [0.2, 0.25) is 0 Å². The van der Waals surface area contributed by atoms with Crippen molar-refractivity contribution in [2.45, 2.75) is 32.1 Å². The Bertz CT molecular complexity index is 791. The number of benzene rings is 2. The molecule has 2 aliphatic rings. The van der Waals surface area contributed by atoms with Crippen LogP contribution < -0.4 is 10.2 Å². The summed E-state index contributed by atoms with van der Waals surface area (Å²) in [5.74, 6) is 0.953. The number of alkyl halides is 1. The summed E-state index contributed by atoms with van der Waals surface area (Å²) in [6, 6.07) is 16.0. The molecule has 0 radical (unpaired) electrons. The molecule has 2 aromatic rings. The third-order valence-electron chi connectivity index (χ3n) is 4.62. The monoisotopic (exact) mass is 370 g/mol. The second-order valence-electron chi connectivity index (χ2n) is 6.42. The molecule has 0 unspecified atom stereocenters. The SMILES string of the molecule is O=C1CCc2ccccc2N1.O=C1CCc2ccccc2N1CCCCl. The first-order valence-corrected chi connectivity index (χ1v) is 9.54. The lowest BCUT2D eigenvalue weighted by molar-refractivity contribution is -0.119. The molecule has 0 aromatic heterocycles. The summed E-state index contributed by atoms with van der Waals surface area (Å²) in [7, 11) is 0. The normalized spacial score (nSPS) is 15.3. The van der Waals surface area contributed by atoms with Gasteiger partial charge in [0.15, 0.2) is 0 Å². The van der Waals surface area contributed by atoms with Crippen LogP contribution >= 0.6 is 11.6 Å². The fraction of sp³-hybridized carbons (Fsp3) is 0.333. The van der Waals surface area contributed by atoms with Crippen molar-refractivity contribution in [2.24, 2.45) is 0 Å². The number of fused-ring (bicyclic) bond motifs is 2. The Balaban J connectivity index is 0.000000158. The van der Waals surface area contributed by atoms with E-state index in [0.717, 1.165) is 37.2 Å². The van der Waals surface area contributed by atoms with Crippen molar-refractivity contribution in [2.75, 3.05) is 22.6 Å². The van der Waals surface area contributed by atoms with Crippen molar-refractivity contribution in [1.82, 2.24) is 0 Å². The molecule has 2 aliphatic heterocycles. The topological polar surface area (TPSA) is 49.4 Å². The Morgan fingerprint density at radius 1 is 0.885 bits per heavy atom. The molecule has 0 fully saturated rings. The predicted molar refractivity (Wildman–Crippen MR) is 106 cm³/mol. The van der Waals surface area contributed by atoms with Crippen LogP contribution in [0.4, 0.5) is 11.4 Å². The number of carbonyl (C=O) groups is 2. The van der Waals surface area contributed by atoms with E-state index in [9.17, 15) is 9.59 Å². The van der Waals surface area contributed by atoms with Crippen molar-refractivity contribution in [1.29, 1.82) is 0 Å². The highest BCUT2D eigenvalue weighted by molar-refractivity contribution is 6.17. The lowest BCUT2D eigenvalue weighted by Gasteiger charge is -2.29. The molecule has 0 bridgehead atoms. The maximum atomic E-state index is 11.7. The Morgan fingerprint density at radius 3 is 2.38 bits per heavy atom. The molecule has 136 valence electrons. The summed E-state index contributed by atoms with van der Waals surface area (Å²) in [4.78, 5) is 24.5. The zero-order chi connectivity index (χ0) is 18.4. The highest BCUT2D eigenvalue weighted by atomic mass is 35.5. The number of nitrogens with zero attached hydrogens (tertiary/aromatic N) is 1. The molecule has 26 heavy (non-hydrogen) atoms. The van der Waals surface area contributed by atoms with Crippen LogP contribution in [0.25, 0.3) is 0 Å². The molecule has 0 spiro atoms. The molecule has 1 N–H and O–H groups in total. The van der Waals surface area contributed by atoms with E-state index in [1.165, 1.54) is 11.1 Å². The Hall–Kier alpha value is -2.33. The zero-order valence-corrected chi connectivity index (χ0v) is 15.5. The molecule has 2 heterocycles. The van der Waals surface area contributed by atoms with E-state index in [1.807, 2.05) is 41.3 Å². The Labute approximate surface area is 159 Å². The van der Waals surface area contributed by atoms with Crippen LogP contribution in [0.3, 0.4) is 0 Å². The first kappa shape index (κ1) is 18.5. The highest BCUT2D eigenvalue weighted by Gasteiger charge is 2.22. The minimum Gasteiger partial charge on any atom is -0.326 e. The van der Waals surface area contributed by atoms with E-state index >= 15 is 0 Å². The largest absolute Gasteiger partial charge is 0.326 e. The van der Waals surface area contributed by atoms with E-state index in [2.05, 4.69) is 17.4 Å². The Morgan fingerprint density at radius 2 is 1.58 bits per heavy atom. The standard InChI is InChI=1S/C12H14ClNO.C9H9NO/c13-8-3-9-14-11-5-2-1-4-10(11)6-7-12(14)15;11-9-6-5-7-3-1-2-4-8(7)10-9/h1-2,4-5H,3,6-9H2;1-4H,5-6H2,(H,10,11). The number of halogens is 1. The number of anilines is 2. The quantitative estimate of drug-likeness (QED) is 0.824. The fourth-order valence-electron chi connectivity index (χ4n) is 3.28. The maximum absolute atomic E-state index is 11.7. The molecule has 2 amide bonds. The van der Waals surface area contributed by atoms with E-state index in [4.69, 9.17) is 11.6 Å². The number of amides is 2. The van der Waals surface area contributed by atoms with E-state index in [0.29, 0.717) is 18.7 Å². The van der Waals surface area contributed by atoms with Gasteiger partial charge in [-0.2, -0.15) is 0 Å². The number of hydrogen-bond acceptors (Lipinski definition) is 2. The number of hydrogen-bond donors (Lipinski definition) is 1. The van der Waals surface area contributed by atoms with Crippen molar-refractivity contribution in [3.05, 3.63) is 59.7 Å². The summed E-state index contributed by atoms with van der Waals surface area (Å²) in [6.07, 6.45) is 3.84. The number of para-hydroxylation sites is 2. The fourth-order valence-corrected chi connectivity index (χ4v) is 3.40. The van der Waals surface area contributed by atoms with Gasteiger partial charge in [0.05, 0.1) is 0 Å². The van der Waals surface area contributed by atoms with Gasteiger partial charge in [-0.15, -0.1) is 11.6 Å². The minimum absolute atomic E-state index is 0.128. The van der Waals surface area contributed by atoms with Gasteiger partial charge in [-0.05, 0) is 42.5 Å². The first-order valence-electron chi connectivity index (χ1n) is 9.01. The smallest absolute Gasteiger partial charge is 0.227 e. The van der Waals surface area contributed by atoms with Gasteiger partial charge in [0.2, 0.25) is 11.8 Å². The summed E-state index contributed by atoms with van der Waals surface area (Å²) >= 11 is 5.66. The molecule has 0 atom stereocenters. The third-order valence-corrected chi connectivity index (χ3v) is 4.89. The molecular formula is C21H23ClN2O2. The zero-order valence-electron chi connectivity index (χ0n) is 14.7. The summed E-state index contributed by atoms with van der Waals surface area (Å²) in [5.41, 5.74) is 4.56. The molecule has 0 saturated heterocycles. The summed E-state index contributed by atoms with van der Waals surface area (Å²) in [5, 5.41) is 2.82. The highest BCUT2D eigenvalue weighted by Crippen LogP contribution is 2.27. The van der Waals surface area contributed by atoms with E-state index < -0.39 is 0 Å². The third kappa shape index (κ3) is 4.44. The lowest BCUT2D eigenvalue weighted by atomic mass is 10.0. The van der Waals surface area contributed by atoms with Crippen LogP contribution in [-0.2, 0) is 22.4 Å². The molecular weight excluding hydrogens is 348 g/mol. The van der Waals surface area contributed by atoms with Crippen LogP contribution in [-0.4, -0.2) is 24.2 Å². The van der Waals surface area contributed by atoms with Crippen molar-refractivity contribution in [3.63, 3.8) is 0 Å². The van der Waals surface area contributed by atoms with Crippen LogP contribution in [0.15, 0.2) is 48.5 Å². The number of carbonyl (C=O) groups excluding carboxylic acids is 2. The molecule has 0 saturated carbocycles. The van der Waals surface area contributed by atoms with Gasteiger partial charge in [-0.3, -0.25) is 9.59 Å². The average Bonchev–Trinajstić information content (AvgIpc) is 2.68. The maximum Gasteiger partial charge on any atom is 0.227 e. The van der Waals surface area contributed by atoms with Crippen molar-refractivity contribution >= 4 is 34.8 Å². The van der Waals surface area contributed by atoms with Gasteiger partial charge < -0.3 is 10.2 Å². The number of nitrogens with one attached hydrogen (secondary N) is 1. The second-order valence-corrected chi connectivity index (χ2v) is 6.80. The molecule has 4 nitrogen and oxygen atoms in total. The molecule has 4 rings (SSSR count).